The van der Waals surface area contributed by atoms with Gasteiger partial charge in [0, 0.05) is 30.3 Å². The summed E-state index contributed by atoms with van der Waals surface area (Å²) in [7, 11) is 1.46. The number of likely N-dealkylation sites (tertiary alicyclic amines) is 1. The number of carbonyl (C=O) groups is 2. The third-order valence-corrected chi connectivity index (χ3v) is 5.29. The second kappa shape index (κ2) is 7.47. The Labute approximate surface area is 172 Å². The van der Waals surface area contributed by atoms with Gasteiger partial charge in [-0.1, -0.05) is 0 Å². The van der Waals surface area contributed by atoms with Crippen LogP contribution in [0, 0.1) is 0 Å². The van der Waals surface area contributed by atoms with E-state index in [0.29, 0.717) is 30.2 Å². The van der Waals surface area contributed by atoms with Gasteiger partial charge >= 0.3 is 0 Å². The number of primary amides is 1. The largest absolute Gasteiger partial charge is 0.496 e. The van der Waals surface area contributed by atoms with Crippen LogP contribution in [0.25, 0.3) is 0 Å². The van der Waals surface area contributed by atoms with Crippen LogP contribution in [0.3, 0.4) is 0 Å². The van der Waals surface area contributed by atoms with Gasteiger partial charge in [0.15, 0.2) is 0 Å². The fourth-order valence-corrected chi connectivity index (χ4v) is 3.76. The zero-order valence-electron chi connectivity index (χ0n) is 16.4. The number of nitrogens with zero attached hydrogens (tertiary/aromatic N) is 2. The molecule has 2 aromatic carbocycles. The molecular formula is C21H21F2N3O4. The first-order valence-electron chi connectivity index (χ1n) is 9.48. The first-order chi connectivity index (χ1) is 14.3. The van der Waals surface area contributed by atoms with Gasteiger partial charge in [0.1, 0.15) is 18.1 Å². The fourth-order valence-electron chi connectivity index (χ4n) is 3.76. The molecule has 158 valence electrons. The molecular weight excluding hydrogens is 396 g/mol. The Bertz CT molecular complexity index is 1010. The quantitative estimate of drug-likeness (QED) is 0.827. The van der Waals surface area contributed by atoms with Crippen molar-refractivity contribution in [1.29, 1.82) is 0 Å². The van der Waals surface area contributed by atoms with Gasteiger partial charge < -0.3 is 25.0 Å². The molecule has 2 aliphatic heterocycles. The SMILES string of the molecule is COc1cc(N2CCOc3cc(C(=O)N4CCC(F)(F)C4)ccc32)ccc1C(N)=O. The highest BCUT2D eigenvalue weighted by Gasteiger charge is 2.40. The molecule has 2 N–H and O–H groups in total. The van der Waals surface area contributed by atoms with Crippen LogP contribution >= 0.6 is 0 Å². The lowest BCUT2D eigenvalue weighted by molar-refractivity contribution is 0.0120. The summed E-state index contributed by atoms with van der Waals surface area (Å²) in [6.07, 6.45) is -0.322. The van der Waals surface area contributed by atoms with Crippen LogP contribution < -0.4 is 20.1 Å². The topological polar surface area (TPSA) is 85.1 Å². The van der Waals surface area contributed by atoms with E-state index in [1.807, 2.05) is 4.90 Å². The number of amides is 2. The molecule has 0 aliphatic carbocycles. The molecule has 7 nitrogen and oxygen atoms in total. The lowest BCUT2D eigenvalue weighted by Crippen LogP contribution is -2.32. The Morgan fingerprint density at radius 3 is 2.63 bits per heavy atom. The number of ether oxygens (including phenoxy) is 2. The maximum absolute atomic E-state index is 13.5. The molecule has 0 bridgehead atoms. The molecule has 30 heavy (non-hydrogen) atoms. The zero-order chi connectivity index (χ0) is 21.5. The van der Waals surface area contributed by atoms with Crippen LogP contribution in [0.4, 0.5) is 20.2 Å². The van der Waals surface area contributed by atoms with E-state index in [2.05, 4.69) is 0 Å². The third kappa shape index (κ3) is 3.62. The van der Waals surface area contributed by atoms with Crippen molar-refractivity contribution in [3.8, 4) is 11.5 Å². The van der Waals surface area contributed by atoms with E-state index < -0.39 is 24.3 Å². The Morgan fingerprint density at radius 2 is 1.97 bits per heavy atom. The summed E-state index contributed by atoms with van der Waals surface area (Å²) < 4.78 is 37.9. The number of rotatable bonds is 4. The third-order valence-electron chi connectivity index (χ3n) is 5.29. The average molecular weight is 417 g/mol. The fraction of sp³-hybridized carbons (Fsp3) is 0.333. The Hall–Kier alpha value is -3.36. The number of fused-ring (bicyclic) bond motifs is 1. The minimum atomic E-state index is -2.84. The summed E-state index contributed by atoms with van der Waals surface area (Å²) in [4.78, 5) is 27.3. The molecule has 0 atom stereocenters. The standard InChI is InChI=1S/C21H21F2N3O4/c1-29-17-11-14(3-4-15(17)19(24)27)26-8-9-30-18-10-13(2-5-16(18)26)20(28)25-7-6-21(22,23)12-25/h2-5,10-11H,6-9,12H2,1H3,(H2,24,27). The minimum absolute atomic E-state index is 0.0297. The number of benzene rings is 2. The van der Waals surface area contributed by atoms with Crippen molar-refractivity contribution >= 4 is 23.2 Å². The number of carbonyl (C=O) groups excluding carboxylic acids is 2. The van der Waals surface area contributed by atoms with Gasteiger partial charge in [0.25, 0.3) is 17.7 Å². The second-order valence-electron chi connectivity index (χ2n) is 7.26. The molecule has 1 saturated heterocycles. The molecule has 2 heterocycles. The zero-order valence-corrected chi connectivity index (χ0v) is 16.4. The first kappa shape index (κ1) is 19.9. The molecule has 1 fully saturated rings. The number of alkyl halides is 2. The van der Waals surface area contributed by atoms with Crippen LogP contribution in [0.15, 0.2) is 36.4 Å². The molecule has 0 unspecified atom stereocenters. The highest BCUT2D eigenvalue weighted by Crippen LogP contribution is 2.39. The van der Waals surface area contributed by atoms with Crippen molar-refractivity contribution in [2.45, 2.75) is 12.3 Å². The predicted molar refractivity (Wildman–Crippen MR) is 106 cm³/mol. The molecule has 2 aliphatic rings. The monoisotopic (exact) mass is 417 g/mol. The van der Waals surface area contributed by atoms with Crippen molar-refractivity contribution < 1.29 is 27.8 Å². The van der Waals surface area contributed by atoms with Crippen molar-refractivity contribution in [1.82, 2.24) is 4.90 Å². The van der Waals surface area contributed by atoms with Gasteiger partial charge in [-0.15, -0.1) is 0 Å². The molecule has 4 rings (SSSR count). The summed E-state index contributed by atoms with van der Waals surface area (Å²) in [5.74, 6) is -3.03. The van der Waals surface area contributed by atoms with E-state index in [-0.39, 0.29) is 18.5 Å². The molecule has 0 aromatic heterocycles. The van der Waals surface area contributed by atoms with Gasteiger partial charge in [0.2, 0.25) is 0 Å². The van der Waals surface area contributed by atoms with Crippen LogP contribution in [0.1, 0.15) is 27.1 Å². The maximum Gasteiger partial charge on any atom is 0.267 e. The maximum atomic E-state index is 13.5. The van der Waals surface area contributed by atoms with Crippen molar-refractivity contribution in [2.24, 2.45) is 5.73 Å². The Kier molecular flexibility index (Phi) is 4.97. The van der Waals surface area contributed by atoms with Crippen LogP contribution in [-0.2, 0) is 0 Å². The van der Waals surface area contributed by atoms with Crippen molar-refractivity contribution in [3.63, 3.8) is 0 Å². The first-order valence-corrected chi connectivity index (χ1v) is 9.48. The number of halogens is 2. The molecule has 0 radical (unpaired) electrons. The number of hydrogen-bond acceptors (Lipinski definition) is 5. The number of anilines is 2. The summed E-state index contributed by atoms with van der Waals surface area (Å²) in [5.41, 5.74) is 7.43. The second-order valence-corrected chi connectivity index (χ2v) is 7.26. The molecule has 2 amide bonds. The van der Waals surface area contributed by atoms with E-state index in [0.717, 1.165) is 16.3 Å². The van der Waals surface area contributed by atoms with Crippen LogP contribution in [0.2, 0.25) is 0 Å². The summed E-state index contributed by atoms with van der Waals surface area (Å²) in [6.45, 7) is 0.369. The van der Waals surface area contributed by atoms with E-state index in [4.69, 9.17) is 15.2 Å². The van der Waals surface area contributed by atoms with E-state index in [1.165, 1.54) is 7.11 Å². The van der Waals surface area contributed by atoms with Crippen LogP contribution in [-0.4, -0.2) is 56.0 Å². The summed E-state index contributed by atoms with van der Waals surface area (Å²) in [5, 5.41) is 0. The van der Waals surface area contributed by atoms with Gasteiger partial charge in [-0.2, -0.15) is 0 Å². The van der Waals surface area contributed by atoms with E-state index >= 15 is 0 Å². The molecule has 2 aromatic rings. The van der Waals surface area contributed by atoms with Gasteiger partial charge in [-0.25, -0.2) is 8.78 Å². The Balaban J connectivity index is 1.63. The minimum Gasteiger partial charge on any atom is -0.496 e. The van der Waals surface area contributed by atoms with E-state index in [9.17, 15) is 18.4 Å². The van der Waals surface area contributed by atoms with Gasteiger partial charge in [-0.05, 0) is 30.3 Å². The highest BCUT2D eigenvalue weighted by molar-refractivity contribution is 5.97. The smallest absolute Gasteiger partial charge is 0.267 e. The van der Waals surface area contributed by atoms with Crippen LogP contribution in [0.5, 0.6) is 11.5 Å². The summed E-state index contributed by atoms with van der Waals surface area (Å²) in [6, 6.07) is 9.97. The van der Waals surface area contributed by atoms with Gasteiger partial charge in [0.05, 0.1) is 31.5 Å². The normalized spacial score (nSPS) is 17.3. The Morgan fingerprint density at radius 1 is 1.17 bits per heavy atom. The predicted octanol–water partition coefficient (Wildman–Crippen LogP) is 2.81. The average Bonchev–Trinajstić information content (AvgIpc) is 3.11. The van der Waals surface area contributed by atoms with Gasteiger partial charge in [-0.3, -0.25) is 9.59 Å². The lowest BCUT2D eigenvalue weighted by atomic mass is 10.1. The lowest BCUT2D eigenvalue weighted by Gasteiger charge is -2.32. The molecule has 0 spiro atoms. The number of methoxy groups -OCH3 is 1. The van der Waals surface area contributed by atoms with Crippen molar-refractivity contribution in [3.05, 3.63) is 47.5 Å². The number of nitrogens with two attached hydrogens (primary N) is 1. The van der Waals surface area contributed by atoms with E-state index in [1.54, 1.807) is 36.4 Å². The summed E-state index contributed by atoms with van der Waals surface area (Å²) >= 11 is 0. The molecule has 9 heteroatoms. The number of hydrogen-bond donors (Lipinski definition) is 1. The van der Waals surface area contributed by atoms with Crippen molar-refractivity contribution in [2.75, 3.05) is 38.3 Å². The molecule has 0 saturated carbocycles. The highest BCUT2D eigenvalue weighted by atomic mass is 19.3.